The average Bonchev–Trinajstić information content (AvgIpc) is 3.04. The van der Waals surface area contributed by atoms with Crippen LogP contribution in [0.25, 0.3) is 0 Å². The van der Waals surface area contributed by atoms with Gasteiger partial charge in [0, 0.05) is 18.2 Å². The molecule has 0 bridgehead atoms. The van der Waals surface area contributed by atoms with Crippen LogP contribution < -0.4 is 26.0 Å². The van der Waals surface area contributed by atoms with E-state index in [1.807, 2.05) is 6.92 Å². The van der Waals surface area contributed by atoms with Crippen LogP contribution >= 0.6 is 11.6 Å². The number of ether oxygens (including phenoxy) is 2. The highest BCUT2D eigenvalue weighted by molar-refractivity contribution is 6.32. The molecular weight excluding hydrogens is 611 g/mol. The summed E-state index contributed by atoms with van der Waals surface area (Å²) in [7, 11) is 0. The lowest BCUT2D eigenvalue weighted by molar-refractivity contribution is 0.0726. The summed E-state index contributed by atoms with van der Waals surface area (Å²) < 4.78 is 25.3. The van der Waals surface area contributed by atoms with Crippen molar-refractivity contribution < 1.29 is 33.0 Å². The molecule has 0 aliphatic heterocycles. The van der Waals surface area contributed by atoms with Gasteiger partial charge in [0.25, 0.3) is 11.5 Å². The Hall–Kier alpha value is -5.43. The Morgan fingerprint density at radius 2 is 1.58 bits per heavy atom. The topological polar surface area (TPSA) is 156 Å². The highest BCUT2D eigenvalue weighted by atomic mass is 35.5. The Labute approximate surface area is 260 Å². The van der Waals surface area contributed by atoms with E-state index in [9.17, 15) is 33.2 Å². The van der Waals surface area contributed by atoms with E-state index in [0.29, 0.717) is 17.2 Å². The van der Waals surface area contributed by atoms with E-state index in [4.69, 9.17) is 21.1 Å². The first-order chi connectivity index (χ1) is 21.6. The van der Waals surface area contributed by atoms with Gasteiger partial charge in [-0.25, -0.2) is 28.7 Å². The fourth-order valence-corrected chi connectivity index (χ4v) is 4.16. The molecular formula is C31H26ClFN4O8. The Kier molecular flexibility index (Phi) is 10.7. The zero-order valence-electron chi connectivity index (χ0n) is 23.8. The first-order valence-corrected chi connectivity index (χ1v) is 14.1. The first kappa shape index (κ1) is 32.5. The lowest BCUT2D eigenvalue weighted by Gasteiger charge is -2.11. The Morgan fingerprint density at radius 1 is 0.889 bits per heavy atom. The van der Waals surface area contributed by atoms with Crippen LogP contribution in [0.3, 0.4) is 0 Å². The van der Waals surface area contributed by atoms with E-state index in [2.05, 4.69) is 10.3 Å². The van der Waals surface area contributed by atoms with Crippen molar-refractivity contribution in [2.75, 3.05) is 6.54 Å². The van der Waals surface area contributed by atoms with Crippen molar-refractivity contribution in [3.8, 4) is 11.6 Å². The Balaban J connectivity index is 1.54. The number of pyridine rings is 1. The summed E-state index contributed by atoms with van der Waals surface area (Å²) in [5, 5.41) is 2.35. The smallest absolute Gasteiger partial charge is 0.346 e. The van der Waals surface area contributed by atoms with E-state index in [1.165, 1.54) is 30.3 Å². The fourth-order valence-electron chi connectivity index (χ4n) is 4.01. The molecule has 0 fully saturated rings. The fraction of sp³-hybridized carbons (Fsp3) is 0.194. The van der Waals surface area contributed by atoms with Gasteiger partial charge in [0.15, 0.2) is 5.75 Å². The maximum absolute atomic E-state index is 14.5. The quantitative estimate of drug-likeness (QED) is 0.196. The maximum Gasteiger partial charge on any atom is 0.346 e. The van der Waals surface area contributed by atoms with E-state index >= 15 is 0 Å². The van der Waals surface area contributed by atoms with Crippen molar-refractivity contribution in [2.24, 2.45) is 0 Å². The number of rotatable bonds is 10. The largest absolute Gasteiger partial charge is 0.421 e. The van der Waals surface area contributed by atoms with Gasteiger partial charge in [0.05, 0.1) is 23.5 Å². The van der Waals surface area contributed by atoms with Crippen LogP contribution in [-0.2, 0) is 0 Å². The van der Waals surface area contributed by atoms with Crippen LogP contribution in [0.2, 0.25) is 5.02 Å². The molecule has 14 heteroatoms. The van der Waals surface area contributed by atoms with E-state index in [1.54, 1.807) is 18.2 Å². The van der Waals surface area contributed by atoms with E-state index in [0.717, 1.165) is 37.6 Å². The van der Waals surface area contributed by atoms with Crippen LogP contribution in [0.1, 0.15) is 63.7 Å². The van der Waals surface area contributed by atoms with Crippen molar-refractivity contribution in [3.63, 3.8) is 0 Å². The van der Waals surface area contributed by atoms with Crippen LogP contribution in [0.4, 0.5) is 9.18 Å². The molecule has 1 N–H and O–H groups in total. The molecule has 0 unspecified atom stereocenters. The summed E-state index contributed by atoms with van der Waals surface area (Å²) in [6.45, 7) is 2.21. The number of nitrogens with one attached hydrogen (secondary N) is 1. The number of aromatic nitrogens is 3. The molecule has 1 amide bonds. The molecule has 0 radical (unpaired) electrons. The SMILES string of the molecule is CCCCCCNC(=O)n1cc(F)c(=O)n(C(=O)c2cccc(C(=O)Oc3cc(OC(=O)c4ccccc4)ncc3Cl)c2)c1=O. The number of unbranched alkanes of at least 4 members (excludes halogenated alkanes) is 3. The summed E-state index contributed by atoms with van der Waals surface area (Å²) in [6, 6.07) is 12.9. The average molecular weight is 637 g/mol. The number of hydrogen-bond donors (Lipinski definition) is 1. The molecule has 0 atom stereocenters. The van der Waals surface area contributed by atoms with Crippen molar-refractivity contribution in [1.29, 1.82) is 0 Å². The van der Waals surface area contributed by atoms with Crippen molar-refractivity contribution in [2.45, 2.75) is 32.6 Å². The van der Waals surface area contributed by atoms with Crippen molar-refractivity contribution in [3.05, 3.63) is 121 Å². The van der Waals surface area contributed by atoms with Gasteiger partial charge in [-0.1, -0.05) is 62.1 Å². The van der Waals surface area contributed by atoms with Gasteiger partial charge in [0.1, 0.15) is 5.02 Å². The van der Waals surface area contributed by atoms with Crippen molar-refractivity contribution in [1.82, 2.24) is 19.4 Å². The lowest BCUT2D eigenvalue weighted by atomic mass is 10.1. The maximum atomic E-state index is 14.5. The van der Waals surface area contributed by atoms with Gasteiger partial charge in [-0.3, -0.25) is 9.59 Å². The van der Waals surface area contributed by atoms with Gasteiger partial charge in [-0.05, 0) is 36.8 Å². The van der Waals surface area contributed by atoms with Gasteiger partial charge in [0.2, 0.25) is 11.7 Å². The van der Waals surface area contributed by atoms with Crippen LogP contribution in [-0.4, -0.2) is 44.5 Å². The molecule has 12 nitrogen and oxygen atoms in total. The number of benzene rings is 2. The monoisotopic (exact) mass is 636 g/mol. The number of amides is 1. The summed E-state index contributed by atoms with van der Waals surface area (Å²) >= 11 is 6.11. The molecule has 0 spiro atoms. The number of esters is 2. The third-order valence-electron chi connectivity index (χ3n) is 6.33. The van der Waals surface area contributed by atoms with Gasteiger partial charge in [-0.2, -0.15) is 8.96 Å². The second kappa shape index (κ2) is 14.8. The molecule has 2 aromatic carbocycles. The summed E-state index contributed by atoms with van der Waals surface area (Å²) in [4.78, 5) is 80.4. The second-order valence-electron chi connectivity index (χ2n) is 9.55. The van der Waals surface area contributed by atoms with Crippen LogP contribution in [0.15, 0.2) is 82.6 Å². The predicted octanol–water partition coefficient (Wildman–Crippen LogP) is 4.46. The minimum Gasteiger partial charge on any atom is -0.421 e. The van der Waals surface area contributed by atoms with Crippen LogP contribution in [0.5, 0.6) is 11.6 Å². The second-order valence-corrected chi connectivity index (χ2v) is 9.95. The van der Waals surface area contributed by atoms with E-state index < -0.39 is 40.9 Å². The molecule has 232 valence electrons. The normalized spacial score (nSPS) is 10.6. The molecule has 4 aromatic rings. The van der Waals surface area contributed by atoms with Crippen molar-refractivity contribution >= 4 is 35.5 Å². The molecule has 2 heterocycles. The van der Waals surface area contributed by atoms with Gasteiger partial charge in [-0.15, -0.1) is 0 Å². The summed E-state index contributed by atoms with van der Waals surface area (Å²) in [5.41, 5.74) is -3.30. The highest BCUT2D eigenvalue weighted by Gasteiger charge is 2.23. The summed E-state index contributed by atoms with van der Waals surface area (Å²) in [6.07, 6.45) is 4.86. The molecule has 0 aliphatic rings. The zero-order valence-corrected chi connectivity index (χ0v) is 24.6. The van der Waals surface area contributed by atoms with E-state index in [-0.39, 0.29) is 44.5 Å². The molecule has 0 aliphatic carbocycles. The molecule has 2 aromatic heterocycles. The van der Waals surface area contributed by atoms with Crippen LogP contribution in [0, 0.1) is 5.82 Å². The third-order valence-corrected chi connectivity index (χ3v) is 6.61. The first-order valence-electron chi connectivity index (χ1n) is 13.7. The minimum atomic E-state index is -1.58. The summed E-state index contributed by atoms with van der Waals surface area (Å²) in [5.74, 6) is -4.99. The standard InChI is InChI=1S/C31H26ClFN4O8/c1-2-3-4-8-14-34-30(42)36-18-23(33)27(39)37(31(36)43)26(38)20-12-9-13-21(15-20)29(41)44-24-16-25(35-17-22(24)32)45-28(40)19-10-6-5-7-11-19/h5-7,9-13,15-18H,2-4,8,14H2,1H3,(H,34,42). The number of nitrogens with zero attached hydrogens (tertiary/aromatic N) is 3. The lowest BCUT2D eigenvalue weighted by Crippen LogP contribution is -2.49. The third kappa shape index (κ3) is 7.95. The highest BCUT2D eigenvalue weighted by Crippen LogP contribution is 2.28. The Bertz CT molecular complexity index is 1870. The van der Waals surface area contributed by atoms with Gasteiger partial charge >= 0.3 is 23.7 Å². The predicted molar refractivity (Wildman–Crippen MR) is 160 cm³/mol. The number of carbonyl (C=O) groups is 4. The molecule has 0 saturated carbocycles. The number of halogens is 2. The Morgan fingerprint density at radius 3 is 2.31 bits per heavy atom. The number of hydrogen-bond acceptors (Lipinski definition) is 9. The minimum absolute atomic E-state index is 0.0382. The zero-order chi connectivity index (χ0) is 32.5. The van der Waals surface area contributed by atoms with Gasteiger partial charge < -0.3 is 14.8 Å². The number of carbonyl (C=O) groups excluding carboxylic acids is 4. The molecule has 0 saturated heterocycles. The molecule has 45 heavy (non-hydrogen) atoms. The molecule has 4 rings (SSSR count).